The van der Waals surface area contributed by atoms with Crippen LogP contribution in [0.5, 0.6) is 0 Å². The fraction of sp³-hybridized carbons (Fsp3) is 1.00. The van der Waals surface area contributed by atoms with E-state index in [1.54, 1.807) is 0 Å². The monoisotopic (exact) mass is 168 g/mol. The summed E-state index contributed by atoms with van der Waals surface area (Å²) in [5, 5.41) is 0. The first-order valence-corrected chi connectivity index (χ1v) is 5.72. The zero-order chi connectivity index (χ0) is 9.03. The average molecular weight is 168 g/mol. The van der Waals surface area contributed by atoms with Gasteiger partial charge in [0.05, 0.1) is 0 Å². The van der Waals surface area contributed by atoms with Crippen molar-refractivity contribution in [3.63, 3.8) is 0 Å². The Kier molecular flexibility index (Phi) is 3.61. The molecule has 0 atom stereocenters. The van der Waals surface area contributed by atoms with Crippen LogP contribution in [0.25, 0.3) is 0 Å². The molecule has 0 saturated heterocycles. The van der Waals surface area contributed by atoms with Gasteiger partial charge >= 0.3 is 0 Å². The summed E-state index contributed by atoms with van der Waals surface area (Å²) in [5.41, 5.74) is 0.833. The Hall–Kier alpha value is 0. The summed E-state index contributed by atoms with van der Waals surface area (Å²) in [7, 11) is 0. The average Bonchev–Trinajstić information content (AvgIpc) is 2.82. The molecule has 0 aromatic heterocycles. The van der Waals surface area contributed by atoms with E-state index in [1.807, 2.05) is 0 Å². The molecule has 0 unspecified atom stereocenters. The zero-order valence-electron chi connectivity index (χ0n) is 9.03. The first kappa shape index (κ1) is 10.1. The van der Waals surface area contributed by atoms with Crippen molar-refractivity contribution in [1.82, 2.24) is 0 Å². The maximum Gasteiger partial charge on any atom is -0.0302 e. The molecule has 0 N–H and O–H groups in total. The Bertz CT molecular complexity index is 112. The van der Waals surface area contributed by atoms with Gasteiger partial charge in [-0.05, 0) is 24.2 Å². The highest BCUT2D eigenvalue weighted by atomic mass is 14.4. The smallest absolute Gasteiger partial charge is 0.0302 e. The molecule has 2 saturated carbocycles. The van der Waals surface area contributed by atoms with Gasteiger partial charge in [0, 0.05) is 0 Å². The molecule has 0 heterocycles. The SMILES string of the molecule is CC1CCC1.CCC1(CC)CC1. The minimum Gasteiger partial charge on any atom is -0.0649 e. The molecule has 72 valence electrons. The normalized spacial score (nSPS) is 25.2. The van der Waals surface area contributed by atoms with Crippen LogP contribution in [0.4, 0.5) is 0 Å². The third-order valence-electron chi connectivity index (χ3n) is 3.85. The van der Waals surface area contributed by atoms with Crippen LogP contribution in [-0.2, 0) is 0 Å². The second kappa shape index (κ2) is 4.30. The third-order valence-corrected chi connectivity index (χ3v) is 3.85. The Morgan fingerprint density at radius 1 is 1.08 bits per heavy atom. The van der Waals surface area contributed by atoms with E-state index in [0.29, 0.717) is 0 Å². The second-order valence-corrected chi connectivity index (χ2v) is 4.74. The topological polar surface area (TPSA) is 0 Å². The van der Waals surface area contributed by atoms with E-state index >= 15 is 0 Å². The van der Waals surface area contributed by atoms with Crippen LogP contribution in [0, 0.1) is 11.3 Å². The fourth-order valence-corrected chi connectivity index (χ4v) is 1.75. The summed E-state index contributed by atoms with van der Waals surface area (Å²) in [5.74, 6) is 1.06. The number of hydrogen-bond donors (Lipinski definition) is 0. The minimum absolute atomic E-state index is 0.833. The van der Waals surface area contributed by atoms with Crippen molar-refractivity contribution in [1.29, 1.82) is 0 Å². The quantitative estimate of drug-likeness (QED) is 0.573. The summed E-state index contributed by atoms with van der Waals surface area (Å²) >= 11 is 0. The standard InChI is InChI=1S/C7H14.C5H10/c1-3-7(4-2)5-6-7;1-5-3-2-4-5/h3-6H2,1-2H3;5H,2-4H2,1H3. The highest BCUT2D eigenvalue weighted by molar-refractivity contribution is 4.89. The second-order valence-electron chi connectivity index (χ2n) is 4.74. The van der Waals surface area contributed by atoms with Crippen molar-refractivity contribution < 1.29 is 0 Å². The Morgan fingerprint density at radius 2 is 1.50 bits per heavy atom. The van der Waals surface area contributed by atoms with Crippen LogP contribution < -0.4 is 0 Å². The van der Waals surface area contributed by atoms with Crippen LogP contribution in [0.3, 0.4) is 0 Å². The van der Waals surface area contributed by atoms with Gasteiger partial charge in [-0.15, -0.1) is 0 Å². The molecule has 2 fully saturated rings. The summed E-state index contributed by atoms with van der Waals surface area (Å²) in [4.78, 5) is 0. The van der Waals surface area contributed by atoms with E-state index in [2.05, 4.69) is 20.8 Å². The van der Waals surface area contributed by atoms with Gasteiger partial charge in [-0.2, -0.15) is 0 Å². The molecule has 12 heavy (non-hydrogen) atoms. The van der Waals surface area contributed by atoms with Crippen molar-refractivity contribution in [3.05, 3.63) is 0 Å². The molecule has 2 aliphatic rings. The Labute approximate surface area is 77.7 Å². The maximum absolute atomic E-state index is 2.31. The fourth-order valence-electron chi connectivity index (χ4n) is 1.75. The van der Waals surface area contributed by atoms with Gasteiger partial charge in [-0.3, -0.25) is 0 Å². The molecule has 0 nitrogen and oxygen atoms in total. The van der Waals surface area contributed by atoms with Crippen LogP contribution in [-0.4, -0.2) is 0 Å². The summed E-state index contributed by atoms with van der Waals surface area (Å²) in [6.45, 7) is 6.91. The first-order valence-electron chi connectivity index (χ1n) is 5.72. The summed E-state index contributed by atoms with van der Waals surface area (Å²) in [6.07, 6.45) is 10.3. The van der Waals surface area contributed by atoms with Crippen LogP contribution in [0.2, 0.25) is 0 Å². The lowest BCUT2D eigenvalue weighted by molar-refractivity contribution is 0.346. The minimum atomic E-state index is 0.833. The first-order chi connectivity index (χ1) is 5.72. The van der Waals surface area contributed by atoms with Gasteiger partial charge in [0.15, 0.2) is 0 Å². The number of rotatable bonds is 2. The van der Waals surface area contributed by atoms with Gasteiger partial charge in [0.25, 0.3) is 0 Å². The molecule has 2 aliphatic carbocycles. The van der Waals surface area contributed by atoms with E-state index < -0.39 is 0 Å². The number of hydrogen-bond acceptors (Lipinski definition) is 0. The molecule has 0 spiro atoms. The van der Waals surface area contributed by atoms with Crippen molar-refractivity contribution in [2.24, 2.45) is 11.3 Å². The van der Waals surface area contributed by atoms with Gasteiger partial charge in [0.2, 0.25) is 0 Å². The van der Waals surface area contributed by atoms with Crippen molar-refractivity contribution >= 4 is 0 Å². The maximum atomic E-state index is 2.31. The third kappa shape index (κ3) is 2.80. The molecular formula is C12H24. The molecular weight excluding hydrogens is 144 g/mol. The molecule has 0 aliphatic heterocycles. The lowest BCUT2D eigenvalue weighted by Crippen LogP contribution is -2.04. The summed E-state index contributed by atoms with van der Waals surface area (Å²) in [6, 6.07) is 0. The highest BCUT2D eigenvalue weighted by Crippen LogP contribution is 2.51. The van der Waals surface area contributed by atoms with Crippen molar-refractivity contribution in [3.8, 4) is 0 Å². The highest BCUT2D eigenvalue weighted by Gasteiger charge is 2.37. The van der Waals surface area contributed by atoms with Crippen LogP contribution in [0.1, 0.15) is 65.7 Å². The lowest BCUT2D eigenvalue weighted by atomic mass is 9.88. The van der Waals surface area contributed by atoms with Gasteiger partial charge in [0.1, 0.15) is 0 Å². The predicted octanol–water partition coefficient (Wildman–Crippen LogP) is 4.39. The molecule has 0 amide bonds. The summed E-state index contributed by atoms with van der Waals surface area (Å²) < 4.78 is 0. The van der Waals surface area contributed by atoms with Gasteiger partial charge in [-0.25, -0.2) is 0 Å². The molecule has 0 radical (unpaired) electrons. The molecule has 0 bridgehead atoms. The van der Waals surface area contributed by atoms with Gasteiger partial charge in [-0.1, -0.05) is 52.9 Å². The lowest BCUT2D eigenvalue weighted by Gasteiger charge is -2.18. The predicted molar refractivity (Wildman–Crippen MR) is 55.3 cm³/mol. The van der Waals surface area contributed by atoms with E-state index in [4.69, 9.17) is 0 Å². The molecule has 0 heteroatoms. The Morgan fingerprint density at radius 3 is 1.50 bits per heavy atom. The van der Waals surface area contributed by atoms with E-state index in [0.717, 1.165) is 11.3 Å². The molecule has 0 aromatic rings. The van der Waals surface area contributed by atoms with Crippen molar-refractivity contribution in [2.45, 2.75) is 65.7 Å². The van der Waals surface area contributed by atoms with Gasteiger partial charge < -0.3 is 0 Å². The van der Waals surface area contributed by atoms with E-state index in [1.165, 1.54) is 44.9 Å². The van der Waals surface area contributed by atoms with Crippen molar-refractivity contribution in [2.75, 3.05) is 0 Å². The van der Waals surface area contributed by atoms with Crippen LogP contribution >= 0.6 is 0 Å². The van der Waals surface area contributed by atoms with Crippen LogP contribution in [0.15, 0.2) is 0 Å². The zero-order valence-corrected chi connectivity index (χ0v) is 9.03. The largest absolute Gasteiger partial charge is 0.0649 e. The molecule has 2 rings (SSSR count). The van der Waals surface area contributed by atoms with E-state index in [-0.39, 0.29) is 0 Å². The van der Waals surface area contributed by atoms with E-state index in [9.17, 15) is 0 Å². The molecule has 0 aromatic carbocycles. The Balaban J connectivity index is 0.000000127.